The first-order valence-electron chi connectivity index (χ1n) is 5.52. The van der Waals surface area contributed by atoms with Crippen molar-refractivity contribution in [3.8, 4) is 0 Å². The Balaban J connectivity index is 2.28. The summed E-state index contributed by atoms with van der Waals surface area (Å²) in [5, 5.41) is 12.7. The molecule has 0 radical (unpaired) electrons. The Morgan fingerprint density at radius 1 is 1.67 bits per heavy atom. The molecule has 90 valence electrons. The van der Waals surface area contributed by atoms with E-state index in [1.807, 2.05) is 13.8 Å². The van der Waals surface area contributed by atoms with Crippen LogP contribution >= 0.6 is 0 Å². The molecule has 15 heavy (non-hydrogen) atoms. The fourth-order valence-corrected chi connectivity index (χ4v) is 3.35. The molecule has 0 amide bonds. The van der Waals surface area contributed by atoms with Crippen LogP contribution in [0.5, 0.6) is 0 Å². The molecule has 1 aliphatic rings. The van der Waals surface area contributed by atoms with E-state index in [4.69, 9.17) is 4.74 Å². The van der Waals surface area contributed by atoms with Crippen LogP contribution in [0.25, 0.3) is 0 Å². The summed E-state index contributed by atoms with van der Waals surface area (Å²) in [7, 11) is -0.974. The molecule has 0 bridgehead atoms. The number of aliphatic hydroxyl groups excluding tert-OH is 1. The molecule has 2 N–H and O–H groups in total. The van der Waals surface area contributed by atoms with Crippen LogP contribution in [-0.4, -0.2) is 52.2 Å². The van der Waals surface area contributed by atoms with E-state index < -0.39 is 16.9 Å². The first-order valence-corrected chi connectivity index (χ1v) is 6.91. The third-order valence-electron chi connectivity index (χ3n) is 2.63. The zero-order chi connectivity index (χ0) is 11.3. The number of hydrogen-bond acceptors (Lipinski definition) is 4. The predicted octanol–water partition coefficient (Wildman–Crippen LogP) is -0.117. The second-order valence-electron chi connectivity index (χ2n) is 3.91. The van der Waals surface area contributed by atoms with Gasteiger partial charge in [0.05, 0.1) is 23.2 Å². The largest absolute Gasteiger partial charge is 0.391 e. The quantitative estimate of drug-likeness (QED) is 0.674. The highest BCUT2D eigenvalue weighted by Crippen LogP contribution is 2.19. The lowest BCUT2D eigenvalue weighted by molar-refractivity contribution is 0.126. The molecule has 0 aliphatic carbocycles. The SMILES string of the molecule is CCNCC(O)CS(=O)C1CCOC1C. The summed E-state index contributed by atoms with van der Waals surface area (Å²) in [5.74, 6) is 0.353. The summed E-state index contributed by atoms with van der Waals surface area (Å²) in [6.07, 6.45) is 0.401. The smallest absolute Gasteiger partial charge is 0.0779 e. The third-order valence-corrected chi connectivity index (χ3v) is 4.64. The molecule has 1 rings (SSSR count). The normalized spacial score (nSPS) is 30.3. The van der Waals surface area contributed by atoms with E-state index in [2.05, 4.69) is 5.32 Å². The predicted molar refractivity (Wildman–Crippen MR) is 61.4 cm³/mol. The van der Waals surface area contributed by atoms with Gasteiger partial charge in [-0.3, -0.25) is 4.21 Å². The Labute approximate surface area is 93.8 Å². The minimum absolute atomic E-state index is 0.0668. The van der Waals surface area contributed by atoms with Gasteiger partial charge in [0, 0.05) is 24.0 Å². The van der Waals surface area contributed by atoms with E-state index in [-0.39, 0.29) is 11.4 Å². The van der Waals surface area contributed by atoms with Crippen LogP contribution in [0.2, 0.25) is 0 Å². The van der Waals surface area contributed by atoms with E-state index in [9.17, 15) is 9.32 Å². The van der Waals surface area contributed by atoms with Gasteiger partial charge in [-0.15, -0.1) is 0 Å². The second kappa shape index (κ2) is 6.58. The molecule has 1 aliphatic heterocycles. The summed E-state index contributed by atoms with van der Waals surface area (Å²) in [6.45, 7) is 5.97. The molecule has 4 atom stereocenters. The van der Waals surface area contributed by atoms with E-state index in [1.54, 1.807) is 0 Å². The molecule has 0 aromatic heterocycles. The maximum atomic E-state index is 11.9. The van der Waals surface area contributed by atoms with E-state index in [0.29, 0.717) is 18.9 Å². The lowest BCUT2D eigenvalue weighted by Crippen LogP contribution is -2.35. The van der Waals surface area contributed by atoms with Crippen LogP contribution in [0.15, 0.2) is 0 Å². The number of likely N-dealkylation sites (N-methyl/N-ethyl adjacent to an activating group) is 1. The highest BCUT2D eigenvalue weighted by atomic mass is 32.2. The van der Waals surface area contributed by atoms with Crippen molar-refractivity contribution in [2.24, 2.45) is 0 Å². The van der Waals surface area contributed by atoms with Crippen molar-refractivity contribution < 1.29 is 14.1 Å². The Hall–Kier alpha value is 0.0300. The van der Waals surface area contributed by atoms with Crippen molar-refractivity contribution >= 4 is 10.8 Å². The van der Waals surface area contributed by atoms with Crippen LogP contribution in [0.3, 0.4) is 0 Å². The van der Waals surface area contributed by atoms with Gasteiger partial charge in [0.15, 0.2) is 0 Å². The average Bonchev–Trinajstić information content (AvgIpc) is 2.61. The van der Waals surface area contributed by atoms with Gasteiger partial charge in [0.2, 0.25) is 0 Å². The lowest BCUT2D eigenvalue weighted by atomic mass is 10.3. The van der Waals surface area contributed by atoms with Crippen LogP contribution in [0.4, 0.5) is 0 Å². The van der Waals surface area contributed by atoms with Crippen LogP contribution < -0.4 is 5.32 Å². The van der Waals surface area contributed by atoms with E-state index in [0.717, 1.165) is 13.0 Å². The minimum atomic E-state index is -0.974. The van der Waals surface area contributed by atoms with Gasteiger partial charge in [-0.25, -0.2) is 0 Å². The summed E-state index contributed by atoms with van der Waals surface area (Å²) in [5.41, 5.74) is 0. The van der Waals surface area contributed by atoms with Crippen molar-refractivity contribution in [3.05, 3.63) is 0 Å². The summed E-state index contributed by atoms with van der Waals surface area (Å²) in [4.78, 5) is 0. The summed E-state index contributed by atoms with van der Waals surface area (Å²) < 4.78 is 17.2. The first-order chi connectivity index (χ1) is 7.15. The molecule has 0 spiro atoms. The highest BCUT2D eigenvalue weighted by molar-refractivity contribution is 7.85. The van der Waals surface area contributed by atoms with Gasteiger partial charge in [-0.1, -0.05) is 6.92 Å². The van der Waals surface area contributed by atoms with Crippen molar-refractivity contribution in [2.45, 2.75) is 37.7 Å². The molecular formula is C10H21NO3S. The molecule has 5 heteroatoms. The first kappa shape index (κ1) is 13.1. The fraction of sp³-hybridized carbons (Fsp3) is 1.00. The number of rotatable bonds is 6. The van der Waals surface area contributed by atoms with Crippen LogP contribution in [0, 0.1) is 0 Å². The van der Waals surface area contributed by atoms with Crippen molar-refractivity contribution in [3.63, 3.8) is 0 Å². The molecule has 1 fully saturated rings. The maximum Gasteiger partial charge on any atom is 0.0779 e. The molecule has 4 nitrogen and oxygen atoms in total. The van der Waals surface area contributed by atoms with Crippen molar-refractivity contribution in [1.82, 2.24) is 5.32 Å². The molecule has 0 saturated carbocycles. The molecule has 4 unspecified atom stereocenters. The topological polar surface area (TPSA) is 58.6 Å². The number of nitrogens with one attached hydrogen (secondary N) is 1. The van der Waals surface area contributed by atoms with Gasteiger partial charge < -0.3 is 15.2 Å². The van der Waals surface area contributed by atoms with Crippen LogP contribution in [-0.2, 0) is 15.5 Å². The van der Waals surface area contributed by atoms with Gasteiger partial charge in [0.25, 0.3) is 0 Å². The summed E-state index contributed by atoms with van der Waals surface area (Å²) >= 11 is 0. The highest BCUT2D eigenvalue weighted by Gasteiger charge is 2.30. The third kappa shape index (κ3) is 4.18. The Morgan fingerprint density at radius 2 is 2.40 bits per heavy atom. The molecule has 1 heterocycles. The number of hydrogen-bond donors (Lipinski definition) is 2. The summed E-state index contributed by atoms with van der Waals surface area (Å²) in [6, 6.07) is 0. The van der Waals surface area contributed by atoms with E-state index >= 15 is 0 Å². The second-order valence-corrected chi connectivity index (χ2v) is 5.61. The van der Waals surface area contributed by atoms with Crippen molar-refractivity contribution in [2.75, 3.05) is 25.4 Å². The molecule has 0 aromatic rings. The van der Waals surface area contributed by atoms with Gasteiger partial charge in [-0.2, -0.15) is 0 Å². The van der Waals surface area contributed by atoms with Crippen molar-refractivity contribution in [1.29, 1.82) is 0 Å². The average molecular weight is 235 g/mol. The number of aliphatic hydroxyl groups is 1. The fourth-order valence-electron chi connectivity index (χ4n) is 1.74. The monoisotopic (exact) mass is 235 g/mol. The Morgan fingerprint density at radius 3 is 2.93 bits per heavy atom. The minimum Gasteiger partial charge on any atom is -0.391 e. The molecule has 1 saturated heterocycles. The van der Waals surface area contributed by atoms with E-state index in [1.165, 1.54) is 0 Å². The van der Waals surface area contributed by atoms with Gasteiger partial charge in [-0.05, 0) is 19.9 Å². The Kier molecular flexibility index (Phi) is 5.74. The molecule has 0 aromatic carbocycles. The Bertz CT molecular complexity index is 213. The standard InChI is InChI=1S/C10H21NO3S/c1-3-11-6-9(12)7-15(13)10-4-5-14-8(10)2/h8-12H,3-7H2,1-2H3. The number of ether oxygens (including phenoxy) is 1. The van der Waals surface area contributed by atoms with Crippen LogP contribution in [0.1, 0.15) is 20.3 Å². The maximum absolute atomic E-state index is 11.9. The van der Waals surface area contributed by atoms with Gasteiger partial charge >= 0.3 is 0 Å². The van der Waals surface area contributed by atoms with Gasteiger partial charge in [0.1, 0.15) is 0 Å². The zero-order valence-electron chi connectivity index (χ0n) is 9.44. The lowest BCUT2D eigenvalue weighted by Gasteiger charge is -2.16. The zero-order valence-corrected chi connectivity index (χ0v) is 10.3. The molecular weight excluding hydrogens is 214 g/mol.